The average Bonchev–Trinajstić information content (AvgIpc) is 2.69. The van der Waals surface area contributed by atoms with Gasteiger partial charge in [-0.25, -0.2) is 0 Å². The van der Waals surface area contributed by atoms with Gasteiger partial charge in [-0.1, -0.05) is 37.5 Å². The second-order valence-corrected chi connectivity index (χ2v) is 8.20. The van der Waals surface area contributed by atoms with Crippen molar-refractivity contribution < 1.29 is 4.79 Å². The lowest BCUT2D eigenvalue weighted by atomic mass is 9.81. The lowest BCUT2D eigenvalue weighted by molar-refractivity contribution is 0.0656. The molecule has 0 aliphatic heterocycles. The van der Waals surface area contributed by atoms with Gasteiger partial charge in [0.05, 0.1) is 0 Å². The van der Waals surface area contributed by atoms with Crippen LogP contribution < -0.4 is 5.73 Å². The third kappa shape index (κ3) is 5.31. The molecular weight excluding hydrogens is 308 g/mol. The molecule has 0 bridgehead atoms. The van der Waals surface area contributed by atoms with E-state index in [1.165, 1.54) is 57.8 Å². The molecule has 1 amide bonds. The molecule has 0 saturated heterocycles. The number of carbonyl (C=O) groups excluding carboxylic acids is 1. The molecule has 0 unspecified atom stereocenters. The van der Waals surface area contributed by atoms with Crippen molar-refractivity contribution >= 4 is 5.91 Å². The van der Waals surface area contributed by atoms with Crippen molar-refractivity contribution in [3.8, 4) is 0 Å². The maximum atomic E-state index is 13.1. The van der Waals surface area contributed by atoms with Crippen LogP contribution in [0.15, 0.2) is 30.3 Å². The van der Waals surface area contributed by atoms with E-state index in [1.54, 1.807) is 0 Å². The number of nitrogens with zero attached hydrogens (tertiary/aromatic N) is 1. The Morgan fingerprint density at radius 1 is 0.840 bits per heavy atom. The average molecular weight is 343 g/mol. The summed E-state index contributed by atoms with van der Waals surface area (Å²) in [6.07, 6.45) is 11.5. The van der Waals surface area contributed by atoms with Crippen LogP contribution in [0.3, 0.4) is 0 Å². The van der Waals surface area contributed by atoms with Gasteiger partial charge in [-0.05, 0) is 75.0 Å². The van der Waals surface area contributed by atoms with Crippen LogP contribution in [-0.4, -0.2) is 30.4 Å². The van der Waals surface area contributed by atoms with E-state index < -0.39 is 0 Å². The molecule has 1 aromatic carbocycles. The van der Waals surface area contributed by atoms with E-state index in [1.807, 2.05) is 30.3 Å². The largest absolute Gasteiger partial charge is 0.338 e. The minimum Gasteiger partial charge on any atom is -0.338 e. The Balaban J connectivity index is 1.64. The molecule has 0 aromatic heterocycles. The molecule has 1 aromatic rings. The fourth-order valence-corrected chi connectivity index (χ4v) is 4.65. The maximum absolute atomic E-state index is 13.1. The lowest BCUT2D eigenvalue weighted by Gasteiger charge is -2.35. The van der Waals surface area contributed by atoms with E-state index in [9.17, 15) is 4.79 Å². The van der Waals surface area contributed by atoms with E-state index in [0.717, 1.165) is 25.2 Å². The van der Waals surface area contributed by atoms with E-state index >= 15 is 0 Å². The molecule has 3 rings (SSSR count). The van der Waals surface area contributed by atoms with E-state index in [4.69, 9.17) is 5.73 Å². The molecule has 0 radical (unpaired) electrons. The molecule has 0 heterocycles. The molecule has 2 aliphatic carbocycles. The quantitative estimate of drug-likeness (QED) is 0.829. The number of amides is 1. The van der Waals surface area contributed by atoms with Crippen molar-refractivity contribution in [2.24, 2.45) is 23.5 Å². The zero-order valence-electron chi connectivity index (χ0n) is 15.5. The highest BCUT2D eigenvalue weighted by molar-refractivity contribution is 5.94. The summed E-state index contributed by atoms with van der Waals surface area (Å²) in [6, 6.07) is 9.84. The third-order valence-electron chi connectivity index (χ3n) is 6.29. The van der Waals surface area contributed by atoms with Gasteiger partial charge in [0.15, 0.2) is 0 Å². The van der Waals surface area contributed by atoms with Gasteiger partial charge in [0, 0.05) is 18.7 Å². The SMILES string of the molecule is NCC1CCC(CN(CC2CCCCC2)C(=O)c2ccccc2)CC1. The van der Waals surface area contributed by atoms with Crippen molar-refractivity contribution in [3.05, 3.63) is 35.9 Å². The van der Waals surface area contributed by atoms with Crippen LogP contribution in [0.2, 0.25) is 0 Å². The molecule has 138 valence electrons. The first-order chi connectivity index (χ1) is 12.3. The summed E-state index contributed by atoms with van der Waals surface area (Å²) >= 11 is 0. The summed E-state index contributed by atoms with van der Waals surface area (Å²) in [5.74, 6) is 2.28. The van der Waals surface area contributed by atoms with E-state index in [-0.39, 0.29) is 5.91 Å². The Bertz CT molecular complexity index is 516. The zero-order chi connectivity index (χ0) is 17.5. The number of rotatable bonds is 6. The minimum absolute atomic E-state index is 0.229. The number of benzene rings is 1. The van der Waals surface area contributed by atoms with Crippen molar-refractivity contribution in [1.82, 2.24) is 4.90 Å². The molecule has 2 aliphatic rings. The Morgan fingerprint density at radius 2 is 1.40 bits per heavy atom. The van der Waals surface area contributed by atoms with Crippen LogP contribution in [0.1, 0.15) is 68.1 Å². The summed E-state index contributed by atoms with van der Waals surface area (Å²) in [5.41, 5.74) is 6.67. The highest BCUT2D eigenvalue weighted by Crippen LogP contribution is 2.30. The fourth-order valence-electron chi connectivity index (χ4n) is 4.65. The zero-order valence-corrected chi connectivity index (χ0v) is 15.5. The van der Waals surface area contributed by atoms with Crippen molar-refractivity contribution in [2.45, 2.75) is 57.8 Å². The molecule has 2 N–H and O–H groups in total. The minimum atomic E-state index is 0.229. The first kappa shape index (κ1) is 18.4. The highest BCUT2D eigenvalue weighted by atomic mass is 16.2. The van der Waals surface area contributed by atoms with Crippen LogP contribution in [-0.2, 0) is 0 Å². The maximum Gasteiger partial charge on any atom is 0.253 e. The number of hydrogen-bond donors (Lipinski definition) is 1. The van der Waals surface area contributed by atoms with Crippen LogP contribution in [0.4, 0.5) is 0 Å². The summed E-state index contributed by atoms with van der Waals surface area (Å²) < 4.78 is 0. The van der Waals surface area contributed by atoms with Crippen LogP contribution in [0, 0.1) is 17.8 Å². The van der Waals surface area contributed by atoms with Crippen LogP contribution in [0.5, 0.6) is 0 Å². The van der Waals surface area contributed by atoms with Crippen molar-refractivity contribution in [3.63, 3.8) is 0 Å². The molecule has 0 spiro atoms. The van der Waals surface area contributed by atoms with E-state index in [2.05, 4.69) is 4.90 Å². The fraction of sp³-hybridized carbons (Fsp3) is 0.682. The summed E-state index contributed by atoms with van der Waals surface area (Å²) in [6.45, 7) is 2.70. The normalized spacial score (nSPS) is 24.8. The third-order valence-corrected chi connectivity index (χ3v) is 6.29. The van der Waals surface area contributed by atoms with Gasteiger partial charge in [-0.3, -0.25) is 4.79 Å². The smallest absolute Gasteiger partial charge is 0.253 e. The van der Waals surface area contributed by atoms with Gasteiger partial charge in [0.1, 0.15) is 0 Å². The van der Waals surface area contributed by atoms with Gasteiger partial charge < -0.3 is 10.6 Å². The van der Waals surface area contributed by atoms with Gasteiger partial charge >= 0.3 is 0 Å². The summed E-state index contributed by atoms with van der Waals surface area (Å²) in [4.78, 5) is 15.3. The lowest BCUT2D eigenvalue weighted by Crippen LogP contribution is -2.40. The summed E-state index contributed by atoms with van der Waals surface area (Å²) in [7, 11) is 0. The van der Waals surface area contributed by atoms with Crippen molar-refractivity contribution in [1.29, 1.82) is 0 Å². The van der Waals surface area contributed by atoms with Gasteiger partial charge in [0.25, 0.3) is 5.91 Å². The standard InChI is InChI=1S/C22H34N2O/c23-15-18-11-13-20(14-12-18)17-24(16-19-7-3-1-4-8-19)22(25)21-9-5-2-6-10-21/h2,5-6,9-10,18-20H,1,3-4,7-8,11-17,23H2. The second kappa shape index (κ2) is 9.38. The van der Waals surface area contributed by atoms with Crippen LogP contribution in [0.25, 0.3) is 0 Å². The molecule has 3 nitrogen and oxygen atoms in total. The first-order valence-corrected chi connectivity index (χ1v) is 10.3. The molecule has 25 heavy (non-hydrogen) atoms. The Morgan fingerprint density at radius 3 is 2.00 bits per heavy atom. The van der Waals surface area contributed by atoms with E-state index in [0.29, 0.717) is 17.8 Å². The van der Waals surface area contributed by atoms with Gasteiger partial charge in [-0.2, -0.15) is 0 Å². The van der Waals surface area contributed by atoms with Crippen LogP contribution >= 0.6 is 0 Å². The Hall–Kier alpha value is -1.35. The van der Waals surface area contributed by atoms with Gasteiger partial charge in [-0.15, -0.1) is 0 Å². The summed E-state index contributed by atoms with van der Waals surface area (Å²) in [5, 5.41) is 0. The monoisotopic (exact) mass is 342 g/mol. The first-order valence-electron chi connectivity index (χ1n) is 10.3. The number of hydrogen-bond acceptors (Lipinski definition) is 2. The molecule has 0 atom stereocenters. The Kier molecular flexibility index (Phi) is 6.92. The highest BCUT2D eigenvalue weighted by Gasteiger charge is 2.27. The topological polar surface area (TPSA) is 46.3 Å². The predicted molar refractivity (Wildman–Crippen MR) is 103 cm³/mol. The molecule has 2 fully saturated rings. The number of carbonyl (C=O) groups is 1. The Labute approximate surface area is 153 Å². The second-order valence-electron chi connectivity index (χ2n) is 8.20. The molecular formula is C22H34N2O. The number of nitrogens with two attached hydrogens (primary N) is 1. The molecule has 2 saturated carbocycles. The predicted octanol–water partition coefficient (Wildman–Crippen LogP) is 4.47. The molecule has 3 heteroatoms. The van der Waals surface area contributed by atoms with Gasteiger partial charge in [0.2, 0.25) is 0 Å². The van der Waals surface area contributed by atoms with Crippen molar-refractivity contribution in [2.75, 3.05) is 19.6 Å².